The Kier molecular flexibility index (Phi) is 4.96. The highest BCUT2D eigenvalue weighted by molar-refractivity contribution is 5.79. The van der Waals surface area contributed by atoms with Crippen molar-refractivity contribution in [2.24, 2.45) is 5.92 Å². The Balaban J connectivity index is 1.43. The molecule has 1 aliphatic heterocycles. The van der Waals surface area contributed by atoms with Crippen molar-refractivity contribution in [3.8, 4) is 5.75 Å². The third kappa shape index (κ3) is 3.76. The molecule has 0 bridgehead atoms. The summed E-state index contributed by atoms with van der Waals surface area (Å²) in [4.78, 5) is 19.5. The molecule has 1 unspecified atom stereocenters. The number of piperidine rings is 1. The molecule has 2 heterocycles. The number of likely N-dealkylation sites (tertiary alicyclic amines) is 1. The summed E-state index contributed by atoms with van der Waals surface area (Å²) in [6.07, 6.45) is 9.24. The van der Waals surface area contributed by atoms with E-state index in [0.717, 1.165) is 55.5 Å². The molecule has 0 spiro atoms. The van der Waals surface area contributed by atoms with Crippen molar-refractivity contribution >= 4 is 5.91 Å². The van der Waals surface area contributed by atoms with Crippen LogP contribution in [0.2, 0.25) is 0 Å². The Morgan fingerprint density at radius 1 is 1.27 bits per heavy atom. The number of ether oxygens (including phenoxy) is 1. The maximum absolute atomic E-state index is 12.9. The Labute approximate surface area is 155 Å². The molecule has 0 radical (unpaired) electrons. The van der Waals surface area contributed by atoms with Crippen LogP contribution in [-0.2, 0) is 17.8 Å². The Morgan fingerprint density at radius 2 is 2.12 bits per heavy atom. The lowest BCUT2D eigenvalue weighted by molar-refractivity contribution is -0.131. The molecule has 1 aromatic carbocycles. The molecule has 1 aliphatic carbocycles. The number of rotatable bonds is 6. The van der Waals surface area contributed by atoms with Gasteiger partial charge < -0.3 is 14.2 Å². The van der Waals surface area contributed by atoms with Crippen molar-refractivity contribution in [2.75, 3.05) is 20.2 Å². The van der Waals surface area contributed by atoms with Crippen LogP contribution in [-0.4, -0.2) is 40.6 Å². The van der Waals surface area contributed by atoms with Gasteiger partial charge in [0.2, 0.25) is 5.91 Å². The molecule has 5 nitrogen and oxygen atoms in total. The van der Waals surface area contributed by atoms with Gasteiger partial charge in [-0.15, -0.1) is 0 Å². The van der Waals surface area contributed by atoms with Gasteiger partial charge in [-0.25, -0.2) is 4.98 Å². The zero-order chi connectivity index (χ0) is 17.9. The van der Waals surface area contributed by atoms with Crippen LogP contribution in [0.1, 0.15) is 43.0 Å². The zero-order valence-corrected chi connectivity index (χ0v) is 15.4. The van der Waals surface area contributed by atoms with E-state index in [1.165, 1.54) is 12.8 Å². The maximum atomic E-state index is 12.9. The van der Waals surface area contributed by atoms with Gasteiger partial charge in [0, 0.05) is 43.5 Å². The van der Waals surface area contributed by atoms with Gasteiger partial charge in [-0.3, -0.25) is 4.79 Å². The fraction of sp³-hybridized carbons (Fsp3) is 0.524. The van der Waals surface area contributed by atoms with Crippen LogP contribution in [0.3, 0.4) is 0 Å². The van der Waals surface area contributed by atoms with E-state index in [0.29, 0.717) is 12.3 Å². The second kappa shape index (κ2) is 7.52. The van der Waals surface area contributed by atoms with Gasteiger partial charge in [-0.1, -0.05) is 18.2 Å². The molecule has 5 heteroatoms. The number of benzene rings is 1. The molecule has 2 fully saturated rings. The molecule has 2 aromatic rings. The molecule has 26 heavy (non-hydrogen) atoms. The first-order valence-corrected chi connectivity index (χ1v) is 9.65. The van der Waals surface area contributed by atoms with Crippen LogP contribution in [0, 0.1) is 5.92 Å². The minimum absolute atomic E-state index is 0.180. The van der Waals surface area contributed by atoms with Gasteiger partial charge >= 0.3 is 0 Å². The summed E-state index contributed by atoms with van der Waals surface area (Å²) in [7, 11) is 1.65. The van der Waals surface area contributed by atoms with Gasteiger partial charge in [0.1, 0.15) is 11.6 Å². The van der Waals surface area contributed by atoms with E-state index < -0.39 is 0 Å². The van der Waals surface area contributed by atoms with Crippen LogP contribution in [0.5, 0.6) is 5.75 Å². The fourth-order valence-corrected chi connectivity index (χ4v) is 3.95. The van der Waals surface area contributed by atoms with Crippen LogP contribution in [0.25, 0.3) is 0 Å². The van der Waals surface area contributed by atoms with Gasteiger partial charge in [-0.05, 0) is 37.7 Å². The zero-order valence-electron chi connectivity index (χ0n) is 15.4. The molecular weight excluding hydrogens is 326 g/mol. The highest BCUT2D eigenvalue weighted by Crippen LogP contribution is 2.33. The lowest BCUT2D eigenvalue weighted by Gasteiger charge is -2.33. The van der Waals surface area contributed by atoms with E-state index >= 15 is 0 Å². The monoisotopic (exact) mass is 353 g/mol. The number of methoxy groups -OCH3 is 1. The Morgan fingerprint density at radius 3 is 2.92 bits per heavy atom. The summed E-state index contributed by atoms with van der Waals surface area (Å²) in [6, 6.07) is 7.78. The first-order chi connectivity index (χ1) is 12.7. The van der Waals surface area contributed by atoms with E-state index in [1.54, 1.807) is 7.11 Å². The first-order valence-electron chi connectivity index (χ1n) is 9.65. The summed E-state index contributed by atoms with van der Waals surface area (Å²) in [5, 5.41) is 0. The summed E-state index contributed by atoms with van der Waals surface area (Å²) in [5.41, 5.74) is 0.956. The summed E-state index contributed by atoms with van der Waals surface area (Å²) < 4.78 is 7.70. The third-order valence-corrected chi connectivity index (χ3v) is 5.57. The van der Waals surface area contributed by atoms with E-state index in [2.05, 4.69) is 15.7 Å². The number of hydrogen-bond acceptors (Lipinski definition) is 3. The average Bonchev–Trinajstić information content (AvgIpc) is 3.37. The van der Waals surface area contributed by atoms with Crippen molar-refractivity contribution in [3.05, 3.63) is 48.0 Å². The molecule has 138 valence electrons. The van der Waals surface area contributed by atoms with Crippen molar-refractivity contribution in [2.45, 2.75) is 44.6 Å². The van der Waals surface area contributed by atoms with E-state index in [1.807, 2.05) is 35.4 Å². The van der Waals surface area contributed by atoms with Crippen LogP contribution in [0.15, 0.2) is 36.7 Å². The predicted molar refractivity (Wildman–Crippen MR) is 100 cm³/mol. The molecule has 1 amide bonds. The number of aromatic nitrogens is 2. The molecule has 2 aliphatic rings. The summed E-state index contributed by atoms with van der Waals surface area (Å²) in [5.74, 6) is 3.30. The second-order valence-corrected chi connectivity index (χ2v) is 7.55. The molecule has 1 atom stereocenters. The SMILES string of the molecule is COc1ccccc1CC(=O)N1CCCC(c2nccn2CC2CC2)C1. The lowest BCUT2D eigenvalue weighted by atomic mass is 9.96. The minimum atomic E-state index is 0.180. The smallest absolute Gasteiger partial charge is 0.227 e. The molecule has 1 saturated carbocycles. The number of carbonyl (C=O) groups excluding carboxylic acids is 1. The van der Waals surface area contributed by atoms with Crippen molar-refractivity contribution < 1.29 is 9.53 Å². The van der Waals surface area contributed by atoms with Crippen molar-refractivity contribution in [3.63, 3.8) is 0 Å². The summed E-state index contributed by atoms with van der Waals surface area (Å²) in [6.45, 7) is 2.70. The third-order valence-electron chi connectivity index (χ3n) is 5.57. The number of hydrogen-bond donors (Lipinski definition) is 0. The van der Waals surface area contributed by atoms with Gasteiger partial charge in [0.15, 0.2) is 0 Å². The van der Waals surface area contributed by atoms with Crippen LogP contribution in [0.4, 0.5) is 0 Å². The first kappa shape index (κ1) is 17.1. The Bertz CT molecular complexity index is 766. The second-order valence-electron chi connectivity index (χ2n) is 7.55. The topological polar surface area (TPSA) is 47.4 Å². The largest absolute Gasteiger partial charge is 0.496 e. The van der Waals surface area contributed by atoms with Crippen LogP contribution < -0.4 is 4.74 Å². The molecular formula is C21H27N3O2. The van der Waals surface area contributed by atoms with Gasteiger partial charge in [0.05, 0.1) is 13.5 Å². The van der Waals surface area contributed by atoms with Crippen molar-refractivity contribution in [1.82, 2.24) is 14.5 Å². The molecule has 1 saturated heterocycles. The number of amides is 1. The fourth-order valence-electron chi connectivity index (χ4n) is 3.95. The van der Waals surface area contributed by atoms with E-state index in [-0.39, 0.29) is 5.91 Å². The number of imidazole rings is 1. The minimum Gasteiger partial charge on any atom is -0.496 e. The highest BCUT2D eigenvalue weighted by Gasteiger charge is 2.29. The number of nitrogens with zero attached hydrogens (tertiary/aromatic N) is 3. The molecule has 4 rings (SSSR count). The van der Waals surface area contributed by atoms with E-state index in [9.17, 15) is 4.79 Å². The van der Waals surface area contributed by atoms with Crippen LogP contribution >= 0.6 is 0 Å². The van der Waals surface area contributed by atoms with Crippen molar-refractivity contribution in [1.29, 1.82) is 0 Å². The summed E-state index contributed by atoms with van der Waals surface area (Å²) >= 11 is 0. The molecule has 0 N–H and O–H groups in total. The quantitative estimate of drug-likeness (QED) is 0.801. The number of carbonyl (C=O) groups is 1. The standard InChI is InChI=1S/C21H27N3O2/c1-26-19-7-3-2-5-17(19)13-20(25)23-11-4-6-18(15-23)21-22-10-12-24(21)14-16-8-9-16/h2-3,5,7,10,12,16,18H,4,6,8-9,11,13-15H2,1H3. The highest BCUT2D eigenvalue weighted by atomic mass is 16.5. The van der Waals surface area contributed by atoms with E-state index in [4.69, 9.17) is 4.74 Å². The predicted octanol–water partition coefficient (Wildman–Crippen LogP) is 3.25. The average molecular weight is 353 g/mol. The van der Waals surface area contributed by atoms with Gasteiger partial charge in [-0.2, -0.15) is 0 Å². The van der Waals surface area contributed by atoms with Gasteiger partial charge in [0.25, 0.3) is 0 Å². The number of para-hydroxylation sites is 1. The lowest BCUT2D eigenvalue weighted by Crippen LogP contribution is -2.40. The Hall–Kier alpha value is -2.30. The maximum Gasteiger partial charge on any atom is 0.227 e. The molecule has 1 aromatic heterocycles. The normalized spacial score (nSPS) is 20.2.